The topological polar surface area (TPSA) is 26.0 Å². The SMILES string of the molecule is CC(N)(Cc1cccc(F)c1)Cc1ccc(F)c(F)c1. The molecule has 0 aliphatic carbocycles. The number of hydrogen-bond donors (Lipinski definition) is 1. The van der Waals surface area contributed by atoms with Gasteiger partial charge in [0.2, 0.25) is 0 Å². The molecule has 1 nitrogen and oxygen atoms in total. The van der Waals surface area contributed by atoms with Gasteiger partial charge in [-0.25, -0.2) is 13.2 Å². The summed E-state index contributed by atoms with van der Waals surface area (Å²) in [6, 6.07) is 9.95. The molecule has 0 fully saturated rings. The zero-order chi connectivity index (χ0) is 14.8. The quantitative estimate of drug-likeness (QED) is 0.909. The number of benzene rings is 2. The van der Waals surface area contributed by atoms with Gasteiger partial charge in [0.15, 0.2) is 11.6 Å². The van der Waals surface area contributed by atoms with E-state index in [1.807, 2.05) is 0 Å². The molecule has 2 rings (SSSR count). The summed E-state index contributed by atoms with van der Waals surface area (Å²) < 4.78 is 39.2. The van der Waals surface area contributed by atoms with Gasteiger partial charge in [-0.15, -0.1) is 0 Å². The van der Waals surface area contributed by atoms with Gasteiger partial charge in [-0.05, 0) is 55.2 Å². The van der Waals surface area contributed by atoms with Gasteiger partial charge in [0.05, 0.1) is 0 Å². The zero-order valence-electron chi connectivity index (χ0n) is 11.2. The van der Waals surface area contributed by atoms with E-state index in [1.165, 1.54) is 18.2 Å². The average molecular weight is 279 g/mol. The van der Waals surface area contributed by atoms with E-state index in [1.54, 1.807) is 19.1 Å². The summed E-state index contributed by atoms with van der Waals surface area (Å²) >= 11 is 0. The van der Waals surface area contributed by atoms with Gasteiger partial charge in [-0.2, -0.15) is 0 Å². The van der Waals surface area contributed by atoms with Crippen LogP contribution in [0.15, 0.2) is 42.5 Å². The molecule has 0 aliphatic heterocycles. The predicted molar refractivity (Wildman–Crippen MR) is 72.8 cm³/mol. The molecule has 0 saturated heterocycles. The van der Waals surface area contributed by atoms with Gasteiger partial charge in [0, 0.05) is 5.54 Å². The molecule has 0 bridgehead atoms. The van der Waals surface area contributed by atoms with Crippen LogP contribution in [0.1, 0.15) is 18.1 Å². The zero-order valence-corrected chi connectivity index (χ0v) is 11.2. The second kappa shape index (κ2) is 5.67. The van der Waals surface area contributed by atoms with E-state index in [0.29, 0.717) is 18.4 Å². The van der Waals surface area contributed by atoms with E-state index >= 15 is 0 Å². The Morgan fingerprint density at radius 1 is 0.900 bits per heavy atom. The molecule has 4 heteroatoms. The minimum absolute atomic E-state index is 0.314. The number of rotatable bonds is 4. The molecule has 0 saturated carbocycles. The monoisotopic (exact) mass is 279 g/mol. The van der Waals surface area contributed by atoms with Crippen LogP contribution >= 0.6 is 0 Å². The second-order valence-electron chi connectivity index (χ2n) is 5.39. The summed E-state index contributed by atoms with van der Waals surface area (Å²) in [5, 5.41) is 0. The lowest BCUT2D eigenvalue weighted by molar-refractivity contribution is 0.456. The normalized spacial score (nSPS) is 14.1. The molecule has 0 heterocycles. The largest absolute Gasteiger partial charge is 0.325 e. The lowest BCUT2D eigenvalue weighted by atomic mass is 9.87. The predicted octanol–water partition coefficient (Wildman–Crippen LogP) is 3.61. The van der Waals surface area contributed by atoms with E-state index in [2.05, 4.69) is 0 Å². The fourth-order valence-electron chi connectivity index (χ4n) is 2.29. The van der Waals surface area contributed by atoms with Crippen molar-refractivity contribution in [3.63, 3.8) is 0 Å². The molecule has 0 amide bonds. The lowest BCUT2D eigenvalue weighted by Crippen LogP contribution is -2.41. The first kappa shape index (κ1) is 14.6. The molecule has 0 aromatic heterocycles. The van der Waals surface area contributed by atoms with Crippen LogP contribution in [0.25, 0.3) is 0 Å². The third-order valence-corrected chi connectivity index (χ3v) is 3.09. The maximum Gasteiger partial charge on any atom is 0.159 e. The van der Waals surface area contributed by atoms with Gasteiger partial charge in [-0.1, -0.05) is 18.2 Å². The number of hydrogen-bond acceptors (Lipinski definition) is 1. The molecular weight excluding hydrogens is 263 g/mol. The van der Waals surface area contributed by atoms with Gasteiger partial charge < -0.3 is 5.73 Å². The van der Waals surface area contributed by atoms with Gasteiger partial charge in [-0.3, -0.25) is 0 Å². The Bertz CT molecular complexity index is 608. The Morgan fingerprint density at radius 3 is 2.15 bits per heavy atom. The van der Waals surface area contributed by atoms with Crippen LogP contribution in [0.5, 0.6) is 0 Å². The fraction of sp³-hybridized carbons (Fsp3) is 0.250. The highest BCUT2D eigenvalue weighted by Gasteiger charge is 2.20. The third kappa shape index (κ3) is 3.84. The van der Waals surface area contributed by atoms with Crippen molar-refractivity contribution in [3.8, 4) is 0 Å². The molecule has 1 unspecified atom stereocenters. The maximum absolute atomic E-state index is 13.2. The Morgan fingerprint density at radius 2 is 1.55 bits per heavy atom. The molecule has 0 aliphatic rings. The highest BCUT2D eigenvalue weighted by atomic mass is 19.2. The summed E-state index contributed by atoms with van der Waals surface area (Å²) in [6.45, 7) is 1.80. The number of halogens is 3. The molecule has 20 heavy (non-hydrogen) atoms. The van der Waals surface area contributed by atoms with Crippen molar-refractivity contribution in [1.82, 2.24) is 0 Å². The van der Waals surface area contributed by atoms with Crippen LogP contribution in [-0.2, 0) is 12.8 Å². The lowest BCUT2D eigenvalue weighted by Gasteiger charge is -2.25. The summed E-state index contributed by atoms with van der Waals surface area (Å²) in [7, 11) is 0. The summed E-state index contributed by atoms with van der Waals surface area (Å²) in [4.78, 5) is 0. The summed E-state index contributed by atoms with van der Waals surface area (Å²) in [6.07, 6.45) is 0.824. The van der Waals surface area contributed by atoms with Crippen molar-refractivity contribution in [1.29, 1.82) is 0 Å². The average Bonchev–Trinajstić information content (AvgIpc) is 2.33. The van der Waals surface area contributed by atoms with Crippen LogP contribution in [0.3, 0.4) is 0 Å². The van der Waals surface area contributed by atoms with Crippen molar-refractivity contribution < 1.29 is 13.2 Å². The standard InChI is InChI=1S/C16H16F3N/c1-16(20,9-11-3-2-4-13(17)7-11)10-12-5-6-14(18)15(19)8-12/h2-8H,9-10,20H2,1H3. The first-order chi connectivity index (χ1) is 9.35. The molecular formula is C16H16F3N. The molecule has 1 atom stereocenters. The highest BCUT2D eigenvalue weighted by Crippen LogP contribution is 2.18. The molecule has 0 radical (unpaired) electrons. The van der Waals surface area contributed by atoms with E-state index in [-0.39, 0.29) is 5.82 Å². The van der Waals surface area contributed by atoms with Crippen molar-refractivity contribution in [2.45, 2.75) is 25.3 Å². The van der Waals surface area contributed by atoms with Crippen molar-refractivity contribution in [2.24, 2.45) is 5.73 Å². The van der Waals surface area contributed by atoms with Crippen LogP contribution in [0.4, 0.5) is 13.2 Å². The molecule has 2 aromatic carbocycles. The minimum atomic E-state index is -0.885. The molecule has 2 aromatic rings. The van der Waals surface area contributed by atoms with Crippen LogP contribution < -0.4 is 5.73 Å². The van der Waals surface area contributed by atoms with Crippen LogP contribution in [0, 0.1) is 17.5 Å². The Balaban J connectivity index is 2.12. The van der Waals surface area contributed by atoms with Crippen molar-refractivity contribution >= 4 is 0 Å². The molecule has 106 valence electrons. The summed E-state index contributed by atoms with van der Waals surface area (Å²) in [5.41, 5.74) is 6.90. The van der Waals surface area contributed by atoms with E-state index in [0.717, 1.165) is 17.7 Å². The van der Waals surface area contributed by atoms with E-state index in [4.69, 9.17) is 5.73 Å². The first-order valence-electron chi connectivity index (χ1n) is 6.33. The van der Waals surface area contributed by atoms with E-state index in [9.17, 15) is 13.2 Å². The van der Waals surface area contributed by atoms with Crippen LogP contribution in [-0.4, -0.2) is 5.54 Å². The van der Waals surface area contributed by atoms with Crippen molar-refractivity contribution in [2.75, 3.05) is 0 Å². The van der Waals surface area contributed by atoms with Crippen LogP contribution in [0.2, 0.25) is 0 Å². The Labute approximate surface area is 116 Å². The fourth-order valence-corrected chi connectivity index (χ4v) is 2.29. The minimum Gasteiger partial charge on any atom is -0.325 e. The second-order valence-corrected chi connectivity index (χ2v) is 5.39. The molecule has 0 spiro atoms. The third-order valence-electron chi connectivity index (χ3n) is 3.09. The van der Waals surface area contributed by atoms with Gasteiger partial charge in [0.25, 0.3) is 0 Å². The first-order valence-corrected chi connectivity index (χ1v) is 6.33. The Kier molecular flexibility index (Phi) is 4.14. The smallest absolute Gasteiger partial charge is 0.159 e. The van der Waals surface area contributed by atoms with Gasteiger partial charge in [0.1, 0.15) is 5.82 Å². The molecule has 2 N–H and O–H groups in total. The summed E-state index contributed by atoms with van der Waals surface area (Å²) in [5.74, 6) is -2.08. The Hall–Kier alpha value is -1.81. The van der Waals surface area contributed by atoms with E-state index < -0.39 is 17.2 Å². The van der Waals surface area contributed by atoms with Gasteiger partial charge >= 0.3 is 0 Å². The number of nitrogens with two attached hydrogens (primary N) is 1. The maximum atomic E-state index is 13.2. The highest BCUT2D eigenvalue weighted by molar-refractivity contribution is 5.23. The van der Waals surface area contributed by atoms with Crippen molar-refractivity contribution in [3.05, 3.63) is 71.0 Å².